The van der Waals surface area contributed by atoms with Crippen molar-refractivity contribution in [3.05, 3.63) is 12.7 Å². The molecule has 1 saturated heterocycles. The second-order valence-electron chi connectivity index (χ2n) is 5.43. The van der Waals surface area contributed by atoms with E-state index in [9.17, 15) is 14.7 Å². The van der Waals surface area contributed by atoms with Gasteiger partial charge in [0.25, 0.3) is 0 Å². The highest BCUT2D eigenvalue weighted by Gasteiger charge is 2.45. The van der Waals surface area contributed by atoms with Crippen molar-refractivity contribution in [2.24, 2.45) is 5.41 Å². The molecule has 120 valence electrons. The summed E-state index contributed by atoms with van der Waals surface area (Å²) < 4.78 is 5.31. The summed E-state index contributed by atoms with van der Waals surface area (Å²) in [6.45, 7) is 7.83. The molecular weight excluding hydrogens is 272 g/mol. The number of nitrogens with zero attached hydrogens (tertiary/aromatic N) is 1. The predicted octanol–water partition coefficient (Wildman–Crippen LogP) is 1.87. The van der Waals surface area contributed by atoms with E-state index in [1.807, 2.05) is 6.92 Å². The molecular formula is C15H26N2O4. The first-order valence-corrected chi connectivity index (χ1v) is 7.50. The third-order valence-corrected chi connectivity index (χ3v) is 3.81. The number of ether oxygens (including phenoxy) is 1. The van der Waals surface area contributed by atoms with Gasteiger partial charge >= 0.3 is 12.0 Å². The van der Waals surface area contributed by atoms with Crippen LogP contribution in [0.15, 0.2) is 12.7 Å². The van der Waals surface area contributed by atoms with Gasteiger partial charge < -0.3 is 20.1 Å². The lowest BCUT2D eigenvalue weighted by molar-refractivity contribution is -0.148. The normalized spacial score (nSPS) is 21.3. The third kappa shape index (κ3) is 5.04. The highest BCUT2D eigenvalue weighted by atomic mass is 16.5. The number of carbonyl (C=O) groups excluding carboxylic acids is 1. The zero-order valence-electron chi connectivity index (χ0n) is 12.8. The van der Waals surface area contributed by atoms with Crippen molar-refractivity contribution in [2.75, 3.05) is 32.8 Å². The Kier molecular flexibility index (Phi) is 7.22. The van der Waals surface area contributed by atoms with E-state index in [0.29, 0.717) is 45.7 Å². The van der Waals surface area contributed by atoms with E-state index in [4.69, 9.17) is 4.74 Å². The number of hydrogen-bond acceptors (Lipinski definition) is 3. The van der Waals surface area contributed by atoms with E-state index in [-0.39, 0.29) is 6.03 Å². The summed E-state index contributed by atoms with van der Waals surface area (Å²) in [6.07, 6.45) is 4.51. The maximum Gasteiger partial charge on any atom is 0.317 e. The maximum atomic E-state index is 12.0. The smallest absolute Gasteiger partial charge is 0.317 e. The van der Waals surface area contributed by atoms with Crippen LogP contribution < -0.4 is 5.32 Å². The quantitative estimate of drug-likeness (QED) is 0.503. The van der Waals surface area contributed by atoms with E-state index in [1.165, 1.54) is 0 Å². The van der Waals surface area contributed by atoms with Gasteiger partial charge in [0.05, 0.1) is 18.6 Å². The molecule has 0 aromatic heterocycles. The molecule has 0 bridgehead atoms. The van der Waals surface area contributed by atoms with Gasteiger partial charge in [0, 0.05) is 19.6 Å². The fraction of sp³-hybridized carbons (Fsp3) is 0.733. The van der Waals surface area contributed by atoms with Crippen molar-refractivity contribution in [1.82, 2.24) is 10.2 Å². The fourth-order valence-electron chi connectivity index (χ4n) is 2.62. The first kappa shape index (κ1) is 17.5. The number of urea groups is 1. The molecule has 1 aliphatic rings. The minimum absolute atomic E-state index is 0.207. The van der Waals surface area contributed by atoms with E-state index in [2.05, 4.69) is 11.9 Å². The Morgan fingerprint density at radius 2 is 2.24 bits per heavy atom. The van der Waals surface area contributed by atoms with E-state index in [0.717, 1.165) is 12.8 Å². The molecule has 21 heavy (non-hydrogen) atoms. The number of likely N-dealkylation sites (tertiary alicyclic amines) is 1. The number of aliphatic carboxylic acids is 1. The van der Waals surface area contributed by atoms with Crippen molar-refractivity contribution in [3.8, 4) is 0 Å². The van der Waals surface area contributed by atoms with Gasteiger partial charge in [-0.1, -0.05) is 19.4 Å². The number of nitrogens with one attached hydrogen (secondary N) is 1. The van der Waals surface area contributed by atoms with Crippen molar-refractivity contribution >= 4 is 12.0 Å². The summed E-state index contributed by atoms with van der Waals surface area (Å²) in [5, 5.41) is 12.2. The summed E-state index contributed by atoms with van der Waals surface area (Å²) in [7, 11) is 0. The molecule has 1 fully saturated rings. The van der Waals surface area contributed by atoms with Gasteiger partial charge in [0.15, 0.2) is 0 Å². The Morgan fingerprint density at radius 3 is 2.86 bits per heavy atom. The molecule has 1 aliphatic heterocycles. The van der Waals surface area contributed by atoms with Crippen LogP contribution in [-0.4, -0.2) is 54.9 Å². The zero-order chi connectivity index (χ0) is 15.7. The summed E-state index contributed by atoms with van der Waals surface area (Å²) >= 11 is 0. The van der Waals surface area contributed by atoms with E-state index >= 15 is 0 Å². The van der Waals surface area contributed by atoms with Gasteiger partial charge in [-0.3, -0.25) is 4.79 Å². The van der Waals surface area contributed by atoms with Crippen LogP contribution in [0.2, 0.25) is 0 Å². The van der Waals surface area contributed by atoms with Crippen LogP contribution in [0.3, 0.4) is 0 Å². The number of rotatable bonds is 9. The molecule has 0 aromatic rings. The topological polar surface area (TPSA) is 78.9 Å². The molecule has 0 radical (unpaired) electrons. The summed E-state index contributed by atoms with van der Waals surface area (Å²) in [5.41, 5.74) is -0.771. The molecule has 6 heteroatoms. The average Bonchev–Trinajstić information content (AvgIpc) is 2.88. The molecule has 0 aromatic carbocycles. The molecule has 1 unspecified atom stereocenters. The first-order valence-electron chi connectivity index (χ1n) is 7.50. The lowest BCUT2D eigenvalue weighted by Gasteiger charge is -2.24. The molecule has 2 N–H and O–H groups in total. The van der Waals surface area contributed by atoms with Crippen LogP contribution >= 0.6 is 0 Å². The maximum absolute atomic E-state index is 12.0. The molecule has 0 spiro atoms. The SMILES string of the molecule is C=CCCOCCNC(=O)N1CCC(CCC)(C(=O)O)C1. The Morgan fingerprint density at radius 1 is 1.48 bits per heavy atom. The van der Waals surface area contributed by atoms with Gasteiger partial charge in [-0.2, -0.15) is 0 Å². The van der Waals surface area contributed by atoms with Crippen molar-refractivity contribution in [1.29, 1.82) is 0 Å². The van der Waals surface area contributed by atoms with Crippen molar-refractivity contribution < 1.29 is 19.4 Å². The molecule has 0 saturated carbocycles. The van der Waals surface area contributed by atoms with E-state index in [1.54, 1.807) is 11.0 Å². The number of carbonyl (C=O) groups is 2. The molecule has 6 nitrogen and oxygen atoms in total. The molecule has 1 heterocycles. The second-order valence-corrected chi connectivity index (χ2v) is 5.43. The largest absolute Gasteiger partial charge is 0.481 e. The van der Waals surface area contributed by atoms with Crippen LogP contribution in [0.5, 0.6) is 0 Å². The number of hydrogen-bond donors (Lipinski definition) is 2. The van der Waals surface area contributed by atoms with Crippen LogP contribution in [0.4, 0.5) is 4.79 Å². The zero-order valence-corrected chi connectivity index (χ0v) is 12.8. The number of carboxylic acid groups (broad SMARTS) is 1. The number of amides is 2. The number of carboxylic acids is 1. The lowest BCUT2D eigenvalue weighted by Crippen LogP contribution is -2.42. The van der Waals surface area contributed by atoms with Gasteiger partial charge in [0.1, 0.15) is 0 Å². The fourth-order valence-corrected chi connectivity index (χ4v) is 2.62. The molecule has 1 rings (SSSR count). The van der Waals surface area contributed by atoms with Gasteiger partial charge in [-0.05, 0) is 19.3 Å². The van der Waals surface area contributed by atoms with Crippen LogP contribution in [0.25, 0.3) is 0 Å². The summed E-state index contributed by atoms with van der Waals surface area (Å²) in [5.74, 6) is -0.799. The summed E-state index contributed by atoms with van der Waals surface area (Å²) in [6, 6.07) is -0.207. The molecule has 1 atom stereocenters. The standard InChI is InChI=1S/C15H26N2O4/c1-3-5-10-21-11-8-16-14(20)17-9-7-15(12-17,6-4-2)13(18)19/h3H,1,4-12H2,2H3,(H,16,20)(H,18,19). The highest BCUT2D eigenvalue weighted by Crippen LogP contribution is 2.35. The Bertz CT molecular complexity index is 373. The Hall–Kier alpha value is -1.56. The molecule has 0 aliphatic carbocycles. The lowest BCUT2D eigenvalue weighted by atomic mass is 9.83. The minimum atomic E-state index is -0.799. The predicted molar refractivity (Wildman–Crippen MR) is 80.2 cm³/mol. The van der Waals surface area contributed by atoms with Crippen LogP contribution in [-0.2, 0) is 9.53 Å². The Balaban J connectivity index is 2.33. The Labute approximate surface area is 126 Å². The van der Waals surface area contributed by atoms with Gasteiger partial charge in [0.2, 0.25) is 0 Å². The average molecular weight is 298 g/mol. The highest BCUT2D eigenvalue weighted by molar-refractivity contribution is 5.79. The second kappa shape index (κ2) is 8.67. The van der Waals surface area contributed by atoms with Crippen molar-refractivity contribution in [3.63, 3.8) is 0 Å². The van der Waals surface area contributed by atoms with E-state index < -0.39 is 11.4 Å². The first-order chi connectivity index (χ1) is 10.1. The van der Waals surface area contributed by atoms with Gasteiger partial charge in [-0.15, -0.1) is 6.58 Å². The minimum Gasteiger partial charge on any atom is -0.481 e. The monoisotopic (exact) mass is 298 g/mol. The third-order valence-electron chi connectivity index (χ3n) is 3.81. The van der Waals surface area contributed by atoms with Crippen LogP contribution in [0, 0.1) is 5.41 Å². The van der Waals surface area contributed by atoms with Gasteiger partial charge in [-0.25, -0.2) is 4.79 Å². The van der Waals surface area contributed by atoms with Crippen molar-refractivity contribution in [2.45, 2.75) is 32.6 Å². The molecule has 2 amide bonds. The summed E-state index contributed by atoms with van der Waals surface area (Å²) in [4.78, 5) is 25.0. The van der Waals surface area contributed by atoms with Crippen LogP contribution in [0.1, 0.15) is 32.6 Å².